The summed E-state index contributed by atoms with van der Waals surface area (Å²) < 4.78 is 0. The third-order valence-electron chi connectivity index (χ3n) is 3.52. The first-order valence-corrected chi connectivity index (χ1v) is 8.52. The average Bonchev–Trinajstić information content (AvgIpc) is 2.48. The van der Waals surface area contributed by atoms with Gasteiger partial charge in [-0.3, -0.25) is 0 Å². The van der Waals surface area contributed by atoms with Crippen LogP contribution in [0.2, 0.25) is 5.02 Å². The summed E-state index contributed by atoms with van der Waals surface area (Å²) in [6.07, 6.45) is 0. The molecule has 1 nitrogen and oxygen atoms in total. The number of halogens is 1. The Balaban J connectivity index is 2.25. The van der Waals surface area contributed by atoms with Crippen molar-refractivity contribution in [1.29, 1.82) is 0 Å². The van der Waals surface area contributed by atoms with Gasteiger partial charge >= 0.3 is 0 Å². The number of thioether (sulfide) groups is 1. The van der Waals surface area contributed by atoms with E-state index in [0.29, 0.717) is 17.2 Å². The predicted octanol–water partition coefficient (Wildman–Crippen LogP) is 5.42. The van der Waals surface area contributed by atoms with Gasteiger partial charge < -0.3 is 5.32 Å². The largest absolute Gasteiger partial charge is 0.312 e. The van der Waals surface area contributed by atoms with Gasteiger partial charge in [-0.05, 0) is 36.7 Å². The lowest BCUT2D eigenvalue weighted by Gasteiger charge is -2.30. The maximum absolute atomic E-state index is 6.11. The standard InChI is InChI=1S/C18H22ClNS/c1-13(2)18(21-16-11-7-10-15(19)12-16)17(20-3)14-8-5-4-6-9-14/h4-13,17-18,20H,1-3H3. The molecule has 21 heavy (non-hydrogen) atoms. The van der Waals surface area contributed by atoms with Crippen molar-refractivity contribution in [2.24, 2.45) is 5.92 Å². The van der Waals surface area contributed by atoms with Crippen molar-refractivity contribution in [2.45, 2.75) is 30.0 Å². The van der Waals surface area contributed by atoms with Crippen molar-refractivity contribution < 1.29 is 0 Å². The molecule has 1 N–H and O–H groups in total. The van der Waals surface area contributed by atoms with Gasteiger partial charge in [0, 0.05) is 21.2 Å². The fourth-order valence-corrected chi connectivity index (χ4v) is 4.09. The molecule has 2 rings (SSSR count). The van der Waals surface area contributed by atoms with E-state index < -0.39 is 0 Å². The van der Waals surface area contributed by atoms with E-state index in [-0.39, 0.29) is 0 Å². The van der Waals surface area contributed by atoms with Crippen molar-refractivity contribution in [2.75, 3.05) is 7.05 Å². The van der Waals surface area contributed by atoms with Gasteiger partial charge in [-0.15, -0.1) is 11.8 Å². The molecule has 2 aromatic carbocycles. The van der Waals surface area contributed by atoms with Gasteiger partial charge in [0.25, 0.3) is 0 Å². The summed E-state index contributed by atoms with van der Waals surface area (Å²) >= 11 is 8.00. The summed E-state index contributed by atoms with van der Waals surface area (Å²) in [5.74, 6) is 0.548. The highest BCUT2D eigenvalue weighted by atomic mass is 35.5. The van der Waals surface area contributed by atoms with E-state index in [4.69, 9.17) is 11.6 Å². The Bertz CT molecular complexity index is 556. The highest BCUT2D eigenvalue weighted by Gasteiger charge is 2.25. The molecule has 2 atom stereocenters. The van der Waals surface area contributed by atoms with Crippen LogP contribution in [0.3, 0.4) is 0 Å². The Morgan fingerprint density at radius 3 is 2.29 bits per heavy atom. The van der Waals surface area contributed by atoms with E-state index >= 15 is 0 Å². The monoisotopic (exact) mass is 319 g/mol. The average molecular weight is 320 g/mol. The van der Waals surface area contributed by atoms with E-state index in [0.717, 1.165) is 5.02 Å². The lowest BCUT2D eigenvalue weighted by Crippen LogP contribution is -2.31. The maximum Gasteiger partial charge on any atom is 0.0444 e. The van der Waals surface area contributed by atoms with Crippen molar-refractivity contribution in [3.63, 3.8) is 0 Å². The molecule has 0 amide bonds. The van der Waals surface area contributed by atoms with Crippen LogP contribution in [0, 0.1) is 5.92 Å². The summed E-state index contributed by atoms with van der Waals surface area (Å²) in [5, 5.41) is 4.72. The van der Waals surface area contributed by atoms with E-state index in [1.54, 1.807) is 0 Å². The lowest BCUT2D eigenvalue weighted by molar-refractivity contribution is 0.472. The topological polar surface area (TPSA) is 12.0 Å². The second-order valence-electron chi connectivity index (χ2n) is 5.46. The minimum atomic E-state index is 0.315. The van der Waals surface area contributed by atoms with Gasteiger partial charge in [0.05, 0.1) is 0 Å². The summed E-state index contributed by atoms with van der Waals surface area (Å²) in [7, 11) is 2.03. The zero-order chi connectivity index (χ0) is 15.2. The highest BCUT2D eigenvalue weighted by molar-refractivity contribution is 8.00. The molecule has 0 heterocycles. The predicted molar refractivity (Wildman–Crippen MR) is 94.2 cm³/mol. The van der Waals surface area contributed by atoms with E-state index in [1.165, 1.54) is 10.5 Å². The number of rotatable bonds is 6. The van der Waals surface area contributed by atoms with Gasteiger partial charge in [-0.2, -0.15) is 0 Å². The van der Waals surface area contributed by atoms with E-state index in [9.17, 15) is 0 Å². The molecule has 112 valence electrons. The second-order valence-corrected chi connectivity index (χ2v) is 7.15. The second kappa shape index (κ2) is 7.88. The molecule has 2 aromatic rings. The number of nitrogens with one attached hydrogen (secondary N) is 1. The molecule has 3 heteroatoms. The Kier molecular flexibility index (Phi) is 6.16. The number of hydrogen-bond donors (Lipinski definition) is 1. The van der Waals surface area contributed by atoms with Crippen LogP contribution in [-0.2, 0) is 0 Å². The molecule has 0 saturated heterocycles. The van der Waals surface area contributed by atoms with Crippen molar-refractivity contribution >= 4 is 23.4 Å². The minimum absolute atomic E-state index is 0.315. The van der Waals surface area contributed by atoms with Gasteiger partial charge in [0.1, 0.15) is 0 Å². The van der Waals surface area contributed by atoms with Crippen LogP contribution in [0.1, 0.15) is 25.5 Å². The van der Waals surface area contributed by atoms with Gasteiger partial charge in [-0.1, -0.05) is 61.8 Å². The first-order chi connectivity index (χ1) is 10.1. The maximum atomic E-state index is 6.11. The Morgan fingerprint density at radius 1 is 1.00 bits per heavy atom. The quantitative estimate of drug-likeness (QED) is 0.714. The molecule has 0 aliphatic heterocycles. The van der Waals surface area contributed by atoms with Crippen molar-refractivity contribution in [1.82, 2.24) is 5.32 Å². The first kappa shape index (κ1) is 16.4. The number of hydrogen-bond acceptors (Lipinski definition) is 2. The lowest BCUT2D eigenvalue weighted by atomic mass is 9.96. The number of benzene rings is 2. The first-order valence-electron chi connectivity index (χ1n) is 7.26. The molecule has 0 fully saturated rings. The molecule has 0 aromatic heterocycles. The molecular weight excluding hydrogens is 298 g/mol. The normalized spacial score (nSPS) is 14.1. The third kappa shape index (κ3) is 4.50. The van der Waals surface area contributed by atoms with Gasteiger partial charge in [-0.25, -0.2) is 0 Å². The Morgan fingerprint density at radius 2 is 1.71 bits per heavy atom. The summed E-state index contributed by atoms with van der Waals surface area (Å²) in [6, 6.07) is 19.1. The van der Waals surface area contributed by atoms with Crippen LogP contribution in [0.25, 0.3) is 0 Å². The minimum Gasteiger partial charge on any atom is -0.312 e. The van der Waals surface area contributed by atoms with Gasteiger partial charge in [0.2, 0.25) is 0 Å². The van der Waals surface area contributed by atoms with E-state index in [2.05, 4.69) is 55.6 Å². The molecule has 0 spiro atoms. The molecule has 0 aliphatic rings. The molecule has 2 unspecified atom stereocenters. The smallest absolute Gasteiger partial charge is 0.0444 e. The molecule has 0 radical (unpaired) electrons. The van der Waals surface area contributed by atoms with Gasteiger partial charge in [0.15, 0.2) is 0 Å². The van der Waals surface area contributed by atoms with Crippen LogP contribution in [0.4, 0.5) is 0 Å². The van der Waals surface area contributed by atoms with Crippen LogP contribution in [0.5, 0.6) is 0 Å². The zero-order valence-electron chi connectivity index (χ0n) is 12.7. The molecular formula is C18H22ClNS. The molecule has 0 saturated carbocycles. The molecule has 0 bridgehead atoms. The van der Waals surface area contributed by atoms with E-state index in [1.807, 2.05) is 37.0 Å². The fraction of sp³-hybridized carbons (Fsp3) is 0.333. The van der Waals surface area contributed by atoms with Crippen LogP contribution >= 0.6 is 23.4 Å². The van der Waals surface area contributed by atoms with Crippen LogP contribution in [-0.4, -0.2) is 12.3 Å². The molecule has 0 aliphatic carbocycles. The highest BCUT2D eigenvalue weighted by Crippen LogP contribution is 2.37. The van der Waals surface area contributed by atoms with Crippen molar-refractivity contribution in [3.8, 4) is 0 Å². The van der Waals surface area contributed by atoms with Crippen LogP contribution in [0.15, 0.2) is 59.5 Å². The van der Waals surface area contributed by atoms with Crippen LogP contribution < -0.4 is 5.32 Å². The summed E-state index contributed by atoms with van der Waals surface area (Å²) in [5.41, 5.74) is 1.33. The van der Waals surface area contributed by atoms with Crippen molar-refractivity contribution in [3.05, 3.63) is 65.2 Å². The Hall–Kier alpha value is -0.960. The fourth-order valence-electron chi connectivity index (χ4n) is 2.47. The zero-order valence-corrected chi connectivity index (χ0v) is 14.3. The Labute approximate surface area is 137 Å². The summed E-state index contributed by atoms with van der Waals surface area (Å²) in [4.78, 5) is 1.22. The SMILES string of the molecule is CNC(c1ccccc1)C(Sc1cccc(Cl)c1)C(C)C. The summed E-state index contributed by atoms with van der Waals surface area (Å²) in [6.45, 7) is 4.55. The third-order valence-corrected chi connectivity index (χ3v) is 5.37.